The number of likely N-dealkylation sites (tertiary alicyclic amines) is 1. The van der Waals surface area contributed by atoms with E-state index in [0.717, 1.165) is 24.3 Å². The van der Waals surface area contributed by atoms with Crippen molar-refractivity contribution < 1.29 is 4.79 Å². The summed E-state index contributed by atoms with van der Waals surface area (Å²) in [6.45, 7) is 3.49. The van der Waals surface area contributed by atoms with Crippen molar-refractivity contribution in [2.75, 3.05) is 6.54 Å². The van der Waals surface area contributed by atoms with E-state index < -0.39 is 0 Å². The lowest BCUT2D eigenvalue weighted by Gasteiger charge is -2.15. The van der Waals surface area contributed by atoms with E-state index in [4.69, 9.17) is 0 Å². The zero-order valence-electron chi connectivity index (χ0n) is 13.9. The minimum atomic E-state index is 0.240. The normalized spacial score (nSPS) is 17.8. The maximum atomic E-state index is 12.3. The minimum Gasteiger partial charge on any atom is -0.336 e. The van der Waals surface area contributed by atoms with E-state index in [9.17, 15) is 4.79 Å². The Kier molecular flexibility index (Phi) is 3.81. The Hall–Kier alpha value is -2.62. The van der Waals surface area contributed by atoms with E-state index in [1.165, 1.54) is 11.1 Å². The van der Waals surface area contributed by atoms with Gasteiger partial charge in [0, 0.05) is 25.4 Å². The van der Waals surface area contributed by atoms with Crippen molar-refractivity contribution in [1.29, 1.82) is 0 Å². The highest BCUT2D eigenvalue weighted by atomic mass is 16.2. The molecule has 1 fully saturated rings. The minimum absolute atomic E-state index is 0.240. The first-order valence-corrected chi connectivity index (χ1v) is 8.43. The fourth-order valence-electron chi connectivity index (χ4n) is 3.52. The van der Waals surface area contributed by atoms with Gasteiger partial charge in [0.1, 0.15) is 5.65 Å². The Labute approximate surface area is 141 Å². The van der Waals surface area contributed by atoms with E-state index in [1.54, 1.807) is 0 Å². The highest BCUT2D eigenvalue weighted by Crippen LogP contribution is 2.23. The number of amides is 1. The van der Waals surface area contributed by atoms with E-state index in [1.807, 2.05) is 27.6 Å². The summed E-state index contributed by atoms with van der Waals surface area (Å²) in [5.74, 6) is 0.642. The van der Waals surface area contributed by atoms with Crippen molar-refractivity contribution in [2.24, 2.45) is 5.92 Å². The quantitative estimate of drug-likeness (QED) is 0.740. The van der Waals surface area contributed by atoms with Crippen LogP contribution < -0.4 is 0 Å². The third-order valence-corrected chi connectivity index (χ3v) is 4.66. The molecule has 1 aliphatic heterocycles. The van der Waals surface area contributed by atoms with E-state index in [2.05, 4.69) is 48.4 Å². The van der Waals surface area contributed by atoms with E-state index >= 15 is 0 Å². The van der Waals surface area contributed by atoms with Crippen LogP contribution in [0.15, 0.2) is 54.9 Å². The number of rotatable bonds is 4. The molecule has 1 saturated heterocycles. The van der Waals surface area contributed by atoms with Gasteiger partial charge < -0.3 is 9.30 Å². The van der Waals surface area contributed by atoms with Crippen molar-refractivity contribution in [3.63, 3.8) is 0 Å². The maximum absolute atomic E-state index is 12.3. The third kappa shape index (κ3) is 3.04. The lowest BCUT2D eigenvalue weighted by molar-refractivity contribution is -0.128. The molecule has 4 rings (SSSR count). The number of hydrogen-bond donors (Lipinski definition) is 0. The molecule has 24 heavy (non-hydrogen) atoms. The molecule has 0 bridgehead atoms. The largest absolute Gasteiger partial charge is 0.336 e. The van der Waals surface area contributed by atoms with Gasteiger partial charge in [-0.3, -0.25) is 4.79 Å². The number of carbonyl (C=O) groups excluding carboxylic acids is 1. The zero-order valence-corrected chi connectivity index (χ0v) is 13.9. The summed E-state index contributed by atoms with van der Waals surface area (Å²) in [5.41, 5.74) is 4.39. The molecule has 1 amide bonds. The van der Waals surface area contributed by atoms with Crippen molar-refractivity contribution in [3.8, 4) is 0 Å². The van der Waals surface area contributed by atoms with Gasteiger partial charge in [-0.15, -0.1) is 0 Å². The summed E-state index contributed by atoms with van der Waals surface area (Å²) in [6, 6.07) is 14.5. The Bertz CT molecular complexity index is 869. The van der Waals surface area contributed by atoms with Crippen LogP contribution in [0.3, 0.4) is 0 Å². The first-order chi connectivity index (χ1) is 11.7. The van der Waals surface area contributed by atoms with Gasteiger partial charge in [-0.05, 0) is 36.5 Å². The van der Waals surface area contributed by atoms with Gasteiger partial charge >= 0.3 is 0 Å². The smallest absolute Gasteiger partial charge is 0.223 e. The van der Waals surface area contributed by atoms with Crippen LogP contribution in [0.4, 0.5) is 0 Å². The Morgan fingerprint density at radius 3 is 2.79 bits per heavy atom. The standard InChI is InChI=1S/C20H21N3O/c1-15-7-8-19-21-18(13-22(19)11-15)14-23-12-17(10-20(23)24)9-16-5-3-2-4-6-16/h2-8,11,13,17H,9-10,12,14H2,1H3/t17-/m1/s1. The number of benzene rings is 1. The van der Waals surface area contributed by atoms with Crippen molar-refractivity contribution >= 4 is 11.6 Å². The molecule has 0 N–H and O–H groups in total. The molecule has 1 aromatic carbocycles. The number of imidazole rings is 1. The summed E-state index contributed by atoms with van der Waals surface area (Å²) in [4.78, 5) is 18.9. The molecule has 2 aromatic heterocycles. The summed E-state index contributed by atoms with van der Waals surface area (Å²) < 4.78 is 2.03. The zero-order chi connectivity index (χ0) is 16.5. The van der Waals surface area contributed by atoms with Crippen LogP contribution in [0, 0.1) is 12.8 Å². The number of nitrogens with zero attached hydrogens (tertiary/aromatic N) is 3. The highest BCUT2D eigenvalue weighted by Gasteiger charge is 2.29. The molecule has 1 aliphatic rings. The molecule has 122 valence electrons. The second-order valence-corrected chi connectivity index (χ2v) is 6.74. The molecular weight excluding hydrogens is 298 g/mol. The summed E-state index contributed by atoms with van der Waals surface area (Å²) in [6.07, 6.45) is 5.70. The average Bonchev–Trinajstić information content (AvgIpc) is 3.11. The van der Waals surface area contributed by atoms with Gasteiger partial charge in [-0.1, -0.05) is 36.4 Å². The van der Waals surface area contributed by atoms with Crippen LogP contribution in [0.1, 0.15) is 23.2 Å². The molecular formula is C20H21N3O. The molecule has 3 aromatic rings. The molecule has 0 aliphatic carbocycles. The van der Waals surface area contributed by atoms with Crippen LogP contribution in [0.25, 0.3) is 5.65 Å². The Morgan fingerprint density at radius 2 is 1.96 bits per heavy atom. The third-order valence-electron chi connectivity index (χ3n) is 4.66. The monoisotopic (exact) mass is 319 g/mol. The van der Waals surface area contributed by atoms with Gasteiger partial charge in [0.15, 0.2) is 0 Å². The van der Waals surface area contributed by atoms with Crippen LogP contribution in [-0.4, -0.2) is 26.7 Å². The van der Waals surface area contributed by atoms with Gasteiger partial charge in [0.05, 0.1) is 12.2 Å². The fraction of sp³-hybridized carbons (Fsp3) is 0.300. The van der Waals surface area contributed by atoms with E-state index in [-0.39, 0.29) is 5.91 Å². The number of aryl methyl sites for hydroxylation is 1. The molecule has 1 atom stereocenters. The summed E-state index contributed by atoms with van der Waals surface area (Å²) in [5, 5.41) is 0. The SMILES string of the molecule is Cc1ccc2nc(CN3C[C@H](Cc4ccccc4)CC3=O)cn2c1. The van der Waals surface area contributed by atoms with Gasteiger partial charge in [0.2, 0.25) is 5.91 Å². The molecule has 0 radical (unpaired) electrons. The number of aromatic nitrogens is 2. The fourth-order valence-corrected chi connectivity index (χ4v) is 3.52. The van der Waals surface area contributed by atoms with Gasteiger partial charge in [-0.2, -0.15) is 0 Å². The average molecular weight is 319 g/mol. The molecule has 3 heterocycles. The van der Waals surface area contributed by atoms with Crippen LogP contribution >= 0.6 is 0 Å². The van der Waals surface area contributed by atoms with Crippen LogP contribution in [0.5, 0.6) is 0 Å². The summed E-state index contributed by atoms with van der Waals surface area (Å²) >= 11 is 0. The van der Waals surface area contributed by atoms with Crippen molar-refractivity contribution in [1.82, 2.24) is 14.3 Å². The molecule has 0 unspecified atom stereocenters. The molecule has 4 heteroatoms. The molecule has 4 nitrogen and oxygen atoms in total. The van der Waals surface area contributed by atoms with Crippen LogP contribution in [-0.2, 0) is 17.8 Å². The number of carbonyl (C=O) groups is 1. The van der Waals surface area contributed by atoms with Crippen molar-refractivity contribution in [2.45, 2.75) is 26.3 Å². The lowest BCUT2D eigenvalue weighted by atomic mass is 9.99. The maximum Gasteiger partial charge on any atom is 0.223 e. The second kappa shape index (κ2) is 6.11. The van der Waals surface area contributed by atoms with Crippen LogP contribution in [0.2, 0.25) is 0 Å². The number of pyridine rings is 1. The predicted octanol–water partition coefficient (Wildman–Crippen LogP) is 3.23. The number of fused-ring (bicyclic) bond motifs is 1. The van der Waals surface area contributed by atoms with Gasteiger partial charge in [0.25, 0.3) is 0 Å². The highest BCUT2D eigenvalue weighted by molar-refractivity contribution is 5.78. The Balaban J connectivity index is 1.45. The predicted molar refractivity (Wildman–Crippen MR) is 93.6 cm³/mol. The lowest BCUT2D eigenvalue weighted by Crippen LogP contribution is -2.25. The van der Waals surface area contributed by atoms with E-state index in [0.29, 0.717) is 18.9 Å². The first kappa shape index (κ1) is 14.9. The Morgan fingerprint density at radius 1 is 1.12 bits per heavy atom. The molecule has 0 spiro atoms. The van der Waals surface area contributed by atoms with Crippen molar-refractivity contribution in [3.05, 3.63) is 71.7 Å². The molecule has 0 saturated carbocycles. The topological polar surface area (TPSA) is 37.6 Å². The first-order valence-electron chi connectivity index (χ1n) is 8.43. The number of hydrogen-bond acceptors (Lipinski definition) is 2. The second-order valence-electron chi connectivity index (χ2n) is 6.74. The van der Waals surface area contributed by atoms with Gasteiger partial charge in [-0.25, -0.2) is 4.98 Å². The summed E-state index contributed by atoms with van der Waals surface area (Å²) in [7, 11) is 0.